The molecule has 94 valence electrons. The first-order valence-corrected chi connectivity index (χ1v) is 5.58. The van der Waals surface area contributed by atoms with Crippen molar-refractivity contribution < 1.29 is 9.90 Å². The Labute approximate surface area is 105 Å². The molecule has 0 bridgehead atoms. The van der Waals surface area contributed by atoms with E-state index in [0.717, 1.165) is 11.3 Å². The molecule has 18 heavy (non-hydrogen) atoms. The molecule has 0 unspecified atom stereocenters. The molecule has 0 fully saturated rings. The number of hydrogen-bond acceptors (Lipinski definition) is 3. The lowest BCUT2D eigenvalue weighted by atomic mass is 10.1. The van der Waals surface area contributed by atoms with Crippen molar-refractivity contribution in [2.24, 2.45) is 7.05 Å². The lowest BCUT2D eigenvalue weighted by molar-refractivity contribution is 0.102. The predicted molar refractivity (Wildman–Crippen MR) is 68.7 cm³/mol. The predicted octanol–water partition coefficient (Wildman–Crippen LogP) is 1.99. The molecule has 0 aliphatic rings. The highest BCUT2D eigenvalue weighted by Gasteiger charge is 2.13. The van der Waals surface area contributed by atoms with Crippen LogP contribution in [0.3, 0.4) is 0 Å². The molecule has 1 aromatic carbocycles. The molecule has 2 rings (SSSR count). The number of benzene rings is 1. The van der Waals surface area contributed by atoms with Gasteiger partial charge >= 0.3 is 0 Å². The molecule has 5 nitrogen and oxygen atoms in total. The first kappa shape index (κ1) is 12.2. The van der Waals surface area contributed by atoms with Gasteiger partial charge in [-0.15, -0.1) is 0 Å². The maximum atomic E-state index is 12.0. The Balaban J connectivity index is 2.27. The SMILES string of the molecule is Cc1ccc(O)c(C(=O)Nc2ncc(C)n2C)c1. The summed E-state index contributed by atoms with van der Waals surface area (Å²) in [5, 5.41) is 12.3. The monoisotopic (exact) mass is 245 g/mol. The standard InChI is InChI=1S/C13H15N3O2/c1-8-4-5-11(17)10(6-8)12(18)15-13-14-7-9(2)16(13)3/h4-7,17H,1-3H3,(H,14,15,18). The molecule has 0 aliphatic carbocycles. The number of aromatic nitrogens is 2. The van der Waals surface area contributed by atoms with Crippen molar-refractivity contribution in [3.05, 3.63) is 41.2 Å². The number of imidazole rings is 1. The third-order valence-corrected chi connectivity index (χ3v) is 2.84. The number of hydrogen-bond donors (Lipinski definition) is 2. The van der Waals surface area contributed by atoms with Gasteiger partial charge in [-0.3, -0.25) is 10.1 Å². The summed E-state index contributed by atoms with van der Waals surface area (Å²) in [7, 11) is 1.81. The van der Waals surface area contributed by atoms with Crippen LogP contribution >= 0.6 is 0 Å². The van der Waals surface area contributed by atoms with Crippen LogP contribution < -0.4 is 5.32 Å². The number of phenols is 1. The molecule has 0 saturated carbocycles. The summed E-state index contributed by atoms with van der Waals surface area (Å²) in [6.07, 6.45) is 1.67. The molecule has 1 aromatic heterocycles. The van der Waals surface area contributed by atoms with E-state index in [1.165, 1.54) is 6.07 Å². The lowest BCUT2D eigenvalue weighted by Gasteiger charge is -2.07. The van der Waals surface area contributed by atoms with E-state index >= 15 is 0 Å². The van der Waals surface area contributed by atoms with Gasteiger partial charge in [0.25, 0.3) is 5.91 Å². The number of rotatable bonds is 2. The molecular formula is C13H15N3O2. The fourth-order valence-corrected chi connectivity index (χ4v) is 1.61. The smallest absolute Gasteiger partial charge is 0.261 e. The minimum absolute atomic E-state index is 0.0379. The van der Waals surface area contributed by atoms with E-state index < -0.39 is 0 Å². The van der Waals surface area contributed by atoms with E-state index in [0.29, 0.717) is 5.95 Å². The highest BCUT2D eigenvalue weighted by Crippen LogP contribution is 2.19. The molecule has 0 atom stereocenters. The van der Waals surface area contributed by atoms with E-state index in [1.807, 2.05) is 20.9 Å². The molecule has 0 radical (unpaired) electrons. The summed E-state index contributed by atoms with van der Waals surface area (Å²) >= 11 is 0. The van der Waals surface area contributed by atoms with Gasteiger partial charge in [0.15, 0.2) is 0 Å². The van der Waals surface area contributed by atoms with Gasteiger partial charge in [-0.25, -0.2) is 4.98 Å². The van der Waals surface area contributed by atoms with Crippen molar-refractivity contribution in [2.45, 2.75) is 13.8 Å². The zero-order valence-corrected chi connectivity index (χ0v) is 10.6. The highest BCUT2D eigenvalue weighted by atomic mass is 16.3. The summed E-state index contributed by atoms with van der Waals surface area (Å²) in [6, 6.07) is 4.89. The first-order chi connectivity index (χ1) is 8.49. The fourth-order valence-electron chi connectivity index (χ4n) is 1.61. The van der Waals surface area contributed by atoms with Crippen LogP contribution in [0.1, 0.15) is 21.6 Å². The van der Waals surface area contributed by atoms with Crippen molar-refractivity contribution >= 4 is 11.9 Å². The zero-order chi connectivity index (χ0) is 13.3. The summed E-state index contributed by atoms with van der Waals surface area (Å²) in [5.41, 5.74) is 2.10. The van der Waals surface area contributed by atoms with Gasteiger partial charge in [0.05, 0.1) is 11.8 Å². The van der Waals surface area contributed by atoms with E-state index in [-0.39, 0.29) is 17.2 Å². The van der Waals surface area contributed by atoms with Crippen LogP contribution in [-0.2, 0) is 7.05 Å². The largest absolute Gasteiger partial charge is 0.507 e. The molecule has 5 heteroatoms. The number of nitrogens with one attached hydrogen (secondary N) is 1. The quantitative estimate of drug-likeness (QED) is 0.850. The Bertz CT molecular complexity index is 602. The lowest BCUT2D eigenvalue weighted by Crippen LogP contribution is -2.15. The van der Waals surface area contributed by atoms with Gasteiger partial charge in [0, 0.05) is 12.7 Å². The van der Waals surface area contributed by atoms with Crippen LogP contribution in [0.2, 0.25) is 0 Å². The molecule has 1 heterocycles. The van der Waals surface area contributed by atoms with Gasteiger partial charge in [0.1, 0.15) is 5.75 Å². The normalized spacial score (nSPS) is 10.4. The Morgan fingerprint density at radius 3 is 2.72 bits per heavy atom. The molecular weight excluding hydrogens is 230 g/mol. The second kappa shape index (κ2) is 4.52. The minimum atomic E-state index is -0.370. The van der Waals surface area contributed by atoms with Crippen molar-refractivity contribution in [3.63, 3.8) is 0 Å². The number of aromatic hydroxyl groups is 1. The van der Waals surface area contributed by atoms with Crippen molar-refractivity contribution in [1.29, 1.82) is 0 Å². The van der Waals surface area contributed by atoms with Gasteiger partial charge in [-0.1, -0.05) is 11.6 Å². The molecule has 2 N–H and O–H groups in total. The molecule has 1 amide bonds. The first-order valence-electron chi connectivity index (χ1n) is 5.58. The number of carbonyl (C=O) groups excluding carboxylic acids is 1. The van der Waals surface area contributed by atoms with Crippen molar-refractivity contribution in [2.75, 3.05) is 5.32 Å². The van der Waals surface area contributed by atoms with Crippen LogP contribution in [0.25, 0.3) is 0 Å². The summed E-state index contributed by atoms with van der Waals surface area (Å²) in [4.78, 5) is 16.1. The Hall–Kier alpha value is -2.30. The van der Waals surface area contributed by atoms with Crippen LogP contribution in [0.5, 0.6) is 5.75 Å². The van der Waals surface area contributed by atoms with Gasteiger partial charge in [-0.2, -0.15) is 0 Å². The number of amides is 1. The summed E-state index contributed by atoms with van der Waals surface area (Å²) in [6.45, 7) is 3.76. The van der Waals surface area contributed by atoms with Crippen LogP contribution in [0, 0.1) is 13.8 Å². The average Bonchev–Trinajstić information content (AvgIpc) is 2.64. The Kier molecular flexibility index (Phi) is 3.06. The highest BCUT2D eigenvalue weighted by molar-refractivity contribution is 6.05. The van der Waals surface area contributed by atoms with E-state index in [2.05, 4.69) is 10.3 Å². The number of aryl methyl sites for hydroxylation is 2. The maximum absolute atomic E-state index is 12.0. The third-order valence-electron chi connectivity index (χ3n) is 2.84. The second-order valence-corrected chi connectivity index (χ2v) is 4.26. The Morgan fingerprint density at radius 2 is 2.11 bits per heavy atom. The van der Waals surface area contributed by atoms with E-state index in [9.17, 15) is 9.90 Å². The summed E-state index contributed by atoms with van der Waals surface area (Å²) < 4.78 is 1.77. The number of anilines is 1. The van der Waals surface area contributed by atoms with Crippen LogP contribution in [-0.4, -0.2) is 20.6 Å². The third kappa shape index (κ3) is 2.20. The van der Waals surface area contributed by atoms with Gasteiger partial charge in [0.2, 0.25) is 5.95 Å². The van der Waals surface area contributed by atoms with E-state index in [1.54, 1.807) is 22.9 Å². The minimum Gasteiger partial charge on any atom is -0.507 e. The molecule has 0 saturated heterocycles. The molecule has 2 aromatic rings. The summed E-state index contributed by atoms with van der Waals surface area (Å²) in [5.74, 6) is 0.0485. The van der Waals surface area contributed by atoms with Crippen molar-refractivity contribution in [3.8, 4) is 5.75 Å². The fraction of sp³-hybridized carbons (Fsp3) is 0.231. The molecule has 0 aliphatic heterocycles. The average molecular weight is 245 g/mol. The molecule has 0 spiro atoms. The second-order valence-electron chi connectivity index (χ2n) is 4.26. The number of carbonyl (C=O) groups is 1. The van der Waals surface area contributed by atoms with E-state index in [4.69, 9.17) is 0 Å². The van der Waals surface area contributed by atoms with Crippen LogP contribution in [0.15, 0.2) is 24.4 Å². The van der Waals surface area contributed by atoms with Crippen molar-refractivity contribution in [1.82, 2.24) is 9.55 Å². The van der Waals surface area contributed by atoms with Crippen LogP contribution in [0.4, 0.5) is 5.95 Å². The Morgan fingerprint density at radius 1 is 1.39 bits per heavy atom. The number of phenolic OH excluding ortho intramolecular Hbond substituents is 1. The van der Waals surface area contributed by atoms with Gasteiger partial charge in [-0.05, 0) is 26.0 Å². The maximum Gasteiger partial charge on any atom is 0.261 e. The van der Waals surface area contributed by atoms with Gasteiger partial charge < -0.3 is 9.67 Å². The topological polar surface area (TPSA) is 67.2 Å². The zero-order valence-electron chi connectivity index (χ0n) is 10.6. The number of nitrogens with zero attached hydrogens (tertiary/aromatic N) is 2.